The highest BCUT2D eigenvalue weighted by Gasteiger charge is 2.34. The minimum absolute atomic E-state index is 0.235. The van der Waals surface area contributed by atoms with Crippen molar-refractivity contribution in [1.82, 2.24) is 16.0 Å². The van der Waals surface area contributed by atoms with Crippen molar-refractivity contribution < 1.29 is 39.0 Å². The van der Waals surface area contributed by atoms with Gasteiger partial charge in [0.1, 0.15) is 18.1 Å². The van der Waals surface area contributed by atoms with E-state index in [2.05, 4.69) is 10.6 Å². The summed E-state index contributed by atoms with van der Waals surface area (Å²) in [4.78, 5) is 70.9. The summed E-state index contributed by atoms with van der Waals surface area (Å²) in [6.45, 7) is 4.65. The average molecular weight is 460 g/mol. The standard InChI is InChI=1S/C18H32N6O8/c1-4-7(2)13(21)16(29)22-9(5-11(19)26)15(28)24-14(8(3)25)17(30)23-10(18(31)32)6-12(20)27/h7-10,13-14,25H,4-6,21H2,1-3H3,(H2,19,26)(H2,20,27)(H,22,29)(H,23,30)(H,24,28)(H,31,32). The van der Waals surface area contributed by atoms with E-state index in [9.17, 15) is 33.9 Å². The van der Waals surface area contributed by atoms with Crippen LogP contribution >= 0.6 is 0 Å². The Morgan fingerprint density at radius 3 is 1.69 bits per heavy atom. The number of carboxylic acid groups (broad SMARTS) is 1. The van der Waals surface area contributed by atoms with E-state index in [1.165, 1.54) is 0 Å². The predicted octanol–water partition coefficient (Wildman–Crippen LogP) is -3.97. The summed E-state index contributed by atoms with van der Waals surface area (Å²) in [7, 11) is 0. The maximum Gasteiger partial charge on any atom is 0.326 e. The Balaban J connectivity index is 5.50. The highest BCUT2D eigenvalue weighted by Crippen LogP contribution is 2.07. The van der Waals surface area contributed by atoms with E-state index in [0.29, 0.717) is 6.42 Å². The number of aliphatic hydroxyl groups is 1. The lowest BCUT2D eigenvalue weighted by molar-refractivity contribution is -0.144. The summed E-state index contributed by atoms with van der Waals surface area (Å²) in [6, 6.07) is -5.88. The lowest BCUT2D eigenvalue weighted by atomic mass is 9.99. The number of aliphatic hydroxyl groups excluding tert-OH is 1. The summed E-state index contributed by atoms with van der Waals surface area (Å²) in [5.41, 5.74) is 15.9. The molecule has 32 heavy (non-hydrogen) atoms. The molecule has 0 aliphatic heterocycles. The monoisotopic (exact) mass is 460 g/mol. The molecule has 6 atom stereocenters. The zero-order valence-corrected chi connectivity index (χ0v) is 18.2. The van der Waals surface area contributed by atoms with Crippen molar-refractivity contribution in [3.8, 4) is 0 Å². The third-order valence-electron chi connectivity index (χ3n) is 4.68. The lowest BCUT2D eigenvalue weighted by Crippen LogP contribution is -2.60. The fraction of sp³-hybridized carbons (Fsp3) is 0.667. The van der Waals surface area contributed by atoms with E-state index < -0.39 is 78.6 Å². The van der Waals surface area contributed by atoms with E-state index in [1.807, 2.05) is 5.32 Å². The number of aliphatic carboxylic acids is 1. The summed E-state index contributed by atoms with van der Waals surface area (Å²) in [5, 5.41) is 25.4. The van der Waals surface area contributed by atoms with Crippen LogP contribution in [0.1, 0.15) is 40.0 Å². The number of carbonyl (C=O) groups excluding carboxylic acids is 5. The number of rotatable bonds is 14. The Bertz CT molecular complexity index is 728. The number of hydrogen-bond acceptors (Lipinski definition) is 8. The minimum Gasteiger partial charge on any atom is -0.480 e. The first kappa shape index (κ1) is 28.7. The number of carboxylic acids is 1. The van der Waals surface area contributed by atoms with E-state index in [-0.39, 0.29) is 5.92 Å². The minimum atomic E-state index is -1.70. The molecule has 182 valence electrons. The molecule has 0 aromatic carbocycles. The Labute approximate surface area is 184 Å². The molecule has 0 spiro atoms. The highest BCUT2D eigenvalue weighted by atomic mass is 16.4. The normalized spacial score (nSPS) is 16.4. The van der Waals surface area contributed by atoms with Gasteiger partial charge in [0, 0.05) is 0 Å². The van der Waals surface area contributed by atoms with E-state index in [4.69, 9.17) is 22.3 Å². The fourth-order valence-corrected chi connectivity index (χ4v) is 2.51. The molecule has 5 amide bonds. The number of amides is 5. The van der Waals surface area contributed by atoms with Gasteiger partial charge in [-0.15, -0.1) is 0 Å². The van der Waals surface area contributed by atoms with Crippen molar-refractivity contribution in [2.24, 2.45) is 23.1 Å². The molecular formula is C18H32N6O8. The maximum absolute atomic E-state index is 12.6. The maximum atomic E-state index is 12.6. The van der Waals surface area contributed by atoms with Crippen molar-refractivity contribution in [1.29, 1.82) is 0 Å². The second kappa shape index (κ2) is 13.2. The molecule has 0 rings (SSSR count). The van der Waals surface area contributed by atoms with Crippen LogP contribution in [0.5, 0.6) is 0 Å². The molecule has 0 bridgehead atoms. The van der Waals surface area contributed by atoms with Gasteiger partial charge in [-0.2, -0.15) is 0 Å². The second-order valence-electron chi connectivity index (χ2n) is 7.44. The van der Waals surface area contributed by atoms with E-state index in [1.54, 1.807) is 13.8 Å². The molecule has 0 saturated heterocycles. The van der Waals surface area contributed by atoms with Crippen LogP contribution in [0.4, 0.5) is 0 Å². The Morgan fingerprint density at radius 2 is 1.28 bits per heavy atom. The largest absolute Gasteiger partial charge is 0.480 e. The van der Waals surface area contributed by atoms with E-state index >= 15 is 0 Å². The third-order valence-corrected chi connectivity index (χ3v) is 4.68. The molecule has 14 nitrogen and oxygen atoms in total. The molecule has 0 radical (unpaired) electrons. The molecule has 0 aromatic heterocycles. The Hall–Kier alpha value is -3.26. The first-order valence-corrected chi connectivity index (χ1v) is 9.85. The van der Waals surface area contributed by atoms with Gasteiger partial charge in [-0.1, -0.05) is 20.3 Å². The molecule has 0 aliphatic rings. The molecular weight excluding hydrogens is 428 g/mol. The predicted molar refractivity (Wildman–Crippen MR) is 110 cm³/mol. The van der Waals surface area contributed by atoms with Crippen molar-refractivity contribution in [2.75, 3.05) is 0 Å². The van der Waals surface area contributed by atoms with Crippen molar-refractivity contribution in [3.05, 3.63) is 0 Å². The van der Waals surface area contributed by atoms with Crippen LogP contribution in [0.3, 0.4) is 0 Å². The van der Waals surface area contributed by atoms with Crippen molar-refractivity contribution in [3.63, 3.8) is 0 Å². The molecule has 0 heterocycles. The Morgan fingerprint density at radius 1 is 0.812 bits per heavy atom. The summed E-state index contributed by atoms with van der Waals surface area (Å²) >= 11 is 0. The first-order chi connectivity index (χ1) is 14.7. The van der Waals surface area contributed by atoms with Crippen LogP contribution in [0.2, 0.25) is 0 Å². The van der Waals surface area contributed by atoms with Gasteiger partial charge >= 0.3 is 5.97 Å². The number of nitrogens with one attached hydrogen (secondary N) is 3. The van der Waals surface area contributed by atoms with Crippen molar-refractivity contribution in [2.45, 2.75) is 70.3 Å². The topological polar surface area (TPSA) is 257 Å². The highest BCUT2D eigenvalue weighted by molar-refractivity contribution is 5.96. The molecule has 6 unspecified atom stereocenters. The third kappa shape index (κ3) is 9.70. The average Bonchev–Trinajstić information content (AvgIpc) is 2.68. The smallest absolute Gasteiger partial charge is 0.326 e. The van der Waals surface area contributed by atoms with Crippen molar-refractivity contribution >= 4 is 35.5 Å². The molecule has 0 saturated carbocycles. The van der Waals surface area contributed by atoms with Crippen LogP contribution in [-0.2, 0) is 28.8 Å². The van der Waals surface area contributed by atoms with Crippen LogP contribution in [0.15, 0.2) is 0 Å². The SMILES string of the molecule is CCC(C)C(N)C(=O)NC(CC(N)=O)C(=O)NC(C(=O)NC(CC(N)=O)C(=O)O)C(C)O. The van der Waals surface area contributed by atoms with Crippen LogP contribution in [-0.4, -0.2) is 76.0 Å². The second-order valence-corrected chi connectivity index (χ2v) is 7.44. The van der Waals surface area contributed by atoms with Gasteiger partial charge in [0.15, 0.2) is 0 Å². The van der Waals surface area contributed by atoms with Crippen LogP contribution in [0, 0.1) is 5.92 Å². The summed E-state index contributed by atoms with van der Waals surface area (Å²) in [6.07, 6.45) is -2.30. The van der Waals surface area contributed by atoms with Gasteiger partial charge in [-0.05, 0) is 12.8 Å². The van der Waals surface area contributed by atoms with Gasteiger partial charge in [-0.25, -0.2) is 4.79 Å². The number of carbonyl (C=O) groups is 6. The Kier molecular flexibility index (Phi) is 11.9. The zero-order chi connectivity index (χ0) is 25.2. The lowest BCUT2D eigenvalue weighted by Gasteiger charge is -2.26. The number of primary amides is 2. The fourth-order valence-electron chi connectivity index (χ4n) is 2.51. The number of hydrogen-bond donors (Lipinski definition) is 8. The quantitative estimate of drug-likeness (QED) is 0.125. The van der Waals surface area contributed by atoms with E-state index in [0.717, 1.165) is 6.92 Å². The summed E-state index contributed by atoms with van der Waals surface area (Å²) in [5.74, 6) is -6.65. The van der Waals surface area contributed by atoms with Crippen LogP contribution < -0.4 is 33.2 Å². The molecule has 0 fully saturated rings. The molecule has 14 heteroatoms. The molecule has 0 aromatic rings. The van der Waals surface area contributed by atoms with Gasteiger partial charge in [0.05, 0.1) is 25.0 Å². The summed E-state index contributed by atoms with van der Waals surface area (Å²) < 4.78 is 0. The number of nitrogens with two attached hydrogens (primary N) is 3. The molecule has 0 aliphatic carbocycles. The van der Waals surface area contributed by atoms with Crippen LogP contribution in [0.25, 0.3) is 0 Å². The van der Waals surface area contributed by atoms with Gasteiger partial charge in [-0.3, -0.25) is 24.0 Å². The van der Waals surface area contributed by atoms with Gasteiger partial charge in [0.2, 0.25) is 29.5 Å². The molecule has 11 N–H and O–H groups in total. The zero-order valence-electron chi connectivity index (χ0n) is 18.2. The van der Waals surface area contributed by atoms with Gasteiger partial charge < -0.3 is 43.4 Å². The first-order valence-electron chi connectivity index (χ1n) is 9.85. The van der Waals surface area contributed by atoms with Gasteiger partial charge in [0.25, 0.3) is 0 Å².